The second kappa shape index (κ2) is 6.04. The highest BCUT2D eigenvalue weighted by atomic mass is 19.3. The summed E-state index contributed by atoms with van der Waals surface area (Å²) in [6.45, 7) is 2.66. The molecular weight excluding hydrogens is 274 g/mol. The van der Waals surface area contributed by atoms with Gasteiger partial charge in [0.05, 0.1) is 0 Å². The normalized spacial score (nSPS) is 11.2. The molecule has 2 aromatic carbocycles. The highest BCUT2D eigenvalue weighted by Gasteiger charge is 2.23. The van der Waals surface area contributed by atoms with E-state index in [4.69, 9.17) is 4.74 Å². The number of carbonyl (C=O) groups excluding carboxylic acids is 1. The Morgan fingerprint density at radius 3 is 1.90 bits per heavy atom. The molecule has 0 radical (unpaired) electrons. The number of ketones is 1. The maximum atomic E-state index is 13.1. The van der Waals surface area contributed by atoms with Gasteiger partial charge >= 0.3 is 0 Å². The van der Waals surface area contributed by atoms with E-state index in [0.29, 0.717) is 23.5 Å². The van der Waals surface area contributed by atoms with Gasteiger partial charge in [0.1, 0.15) is 11.5 Å². The minimum absolute atomic E-state index is 0.0567. The minimum atomic E-state index is -2.86. The molecule has 0 saturated carbocycles. The van der Waals surface area contributed by atoms with Crippen LogP contribution in [0.15, 0.2) is 48.5 Å². The van der Waals surface area contributed by atoms with Gasteiger partial charge in [-0.25, -0.2) is 8.78 Å². The van der Waals surface area contributed by atoms with E-state index in [0.717, 1.165) is 6.92 Å². The number of carbonyl (C=O) groups is 1. The van der Waals surface area contributed by atoms with E-state index in [1.165, 1.54) is 24.3 Å². The van der Waals surface area contributed by atoms with Gasteiger partial charge < -0.3 is 4.74 Å². The first kappa shape index (κ1) is 15.2. The summed E-state index contributed by atoms with van der Waals surface area (Å²) in [4.78, 5) is 11.5. The van der Waals surface area contributed by atoms with Gasteiger partial charge in [-0.15, -0.1) is 0 Å². The Labute approximate surface area is 122 Å². The van der Waals surface area contributed by atoms with Crippen LogP contribution in [0.4, 0.5) is 8.78 Å². The van der Waals surface area contributed by atoms with Crippen molar-refractivity contribution in [2.75, 3.05) is 0 Å². The fraction of sp³-hybridized carbons (Fsp3) is 0.235. The van der Waals surface area contributed by atoms with Crippen LogP contribution >= 0.6 is 0 Å². The molecule has 0 atom stereocenters. The van der Waals surface area contributed by atoms with Crippen LogP contribution < -0.4 is 4.74 Å². The van der Waals surface area contributed by atoms with Gasteiger partial charge in [-0.1, -0.05) is 6.92 Å². The standard InChI is InChI=1S/C17H16F2O2/c1-3-16(20)12-4-8-14(9-5-12)21-15-10-6-13(7-11-15)17(2,18)19/h4-11H,3H2,1-2H3. The van der Waals surface area contributed by atoms with E-state index in [2.05, 4.69) is 0 Å². The topological polar surface area (TPSA) is 26.3 Å². The van der Waals surface area contributed by atoms with Gasteiger partial charge in [-0.05, 0) is 48.5 Å². The van der Waals surface area contributed by atoms with Gasteiger partial charge in [0.2, 0.25) is 0 Å². The molecule has 110 valence electrons. The van der Waals surface area contributed by atoms with Crippen LogP contribution in [0.2, 0.25) is 0 Å². The Balaban J connectivity index is 2.10. The molecule has 0 aliphatic rings. The molecule has 0 N–H and O–H groups in total. The zero-order chi connectivity index (χ0) is 15.5. The van der Waals surface area contributed by atoms with Crippen LogP contribution in [-0.4, -0.2) is 5.78 Å². The van der Waals surface area contributed by atoms with Gasteiger partial charge in [0.25, 0.3) is 5.92 Å². The molecule has 2 aromatic rings. The first-order valence-electron chi connectivity index (χ1n) is 6.69. The Bertz CT molecular complexity index is 611. The molecule has 0 aliphatic carbocycles. The van der Waals surface area contributed by atoms with Crippen LogP contribution in [0.1, 0.15) is 36.2 Å². The molecule has 0 amide bonds. The first-order valence-corrected chi connectivity index (χ1v) is 6.69. The molecule has 0 heterocycles. The Morgan fingerprint density at radius 2 is 1.48 bits per heavy atom. The van der Waals surface area contributed by atoms with Crippen LogP contribution in [0, 0.1) is 0 Å². The number of rotatable bonds is 5. The maximum absolute atomic E-state index is 13.1. The number of halogens is 2. The number of Topliss-reactive ketones (excluding diaryl/α,β-unsaturated/α-hetero) is 1. The zero-order valence-corrected chi connectivity index (χ0v) is 11.9. The van der Waals surface area contributed by atoms with Crippen molar-refractivity contribution in [1.29, 1.82) is 0 Å². The van der Waals surface area contributed by atoms with Crippen LogP contribution in [0.3, 0.4) is 0 Å². The number of hydrogen-bond donors (Lipinski definition) is 0. The molecular formula is C17H16F2O2. The fourth-order valence-electron chi connectivity index (χ4n) is 1.86. The summed E-state index contributed by atoms with van der Waals surface area (Å²) in [7, 11) is 0. The van der Waals surface area contributed by atoms with E-state index in [-0.39, 0.29) is 11.3 Å². The molecule has 0 spiro atoms. The zero-order valence-electron chi connectivity index (χ0n) is 11.9. The summed E-state index contributed by atoms with van der Waals surface area (Å²) < 4.78 is 31.7. The lowest BCUT2D eigenvalue weighted by Gasteiger charge is -2.11. The summed E-state index contributed by atoms with van der Waals surface area (Å²) in [5.74, 6) is -1.77. The molecule has 0 saturated heterocycles. The second-order valence-corrected chi connectivity index (χ2v) is 4.82. The third-order valence-corrected chi connectivity index (χ3v) is 3.09. The summed E-state index contributed by atoms with van der Waals surface area (Å²) in [5.41, 5.74) is 0.574. The van der Waals surface area contributed by atoms with Crippen LogP contribution in [-0.2, 0) is 5.92 Å². The molecule has 0 aliphatic heterocycles. The van der Waals surface area contributed by atoms with Crippen LogP contribution in [0.5, 0.6) is 11.5 Å². The number of ether oxygens (including phenoxy) is 1. The summed E-state index contributed by atoms with van der Waals surface area (Å²) in [5, 5.41) is 0. The lowest BCUT2D eigenvalue weighted by Crippen LogP contribution is -2.06. The number of alkyl halides is 2. The molecule has 2 nitrogen and oxygen atoms in total. The SMILES string of the molecule is CCC(=O)c1ccc(Oc2ccc(C(C)(F)F)cc2)cc1. The van der Waals surface area contributed by atoms with Crippen molar-refractivity contribution in [3.63, 3.8) is 0 Å². The summed E-state index contributed by atoms with van der Waals surface area (Å²) in [6, 6.07) is 12.4. The average molecular weight is 290 g/mol. The molecule has 2 rings (SSSR count). The van der Waals surface area contributed by atoms with E-state index in [1.54, 1.807) is 31.2 Å². The van der Waals surface area contributed by atoms with Crippen molar-refractivity contribution < 1.29 is 18.3 Å². The van der Waals surface area contributed by atoms with Crippen molar-refractivity contribution in [2.45, 2.75) is 26.2 Å². The summed E-state index contributed by atoms with van der Waals surface area (Å²) >= 11 is 0. The van der Waals surface area contributed by atoms with E-state index in [9.17, 15) is 13.6 Å². The predicted octanol–water partition coefficient (Wildman–Crippen LogP) is 5.18. The Kier molecular flexibility index (Phi) is 4.36. The third-order valence-electron chi connectivity index (χ3n) is 3.09. The van der Waals surface area contributed by atoms with E-state index < -0.39 is 5.92 Å². The molecule has 0 aromatic heterocycles. The number of hydrogen-bond acceptors (Lipinski definition) is 2. The van der Waals surface area contributed by atoms with E-state index >= 15 is 0 Å². The third kappa shape index (κ3) is 3.88. The van der Waals surface area contributed by atoms with E-state index in [1.807, 2.05) is 0 Å². The minimum Gasteiger partial charge on any atom is -0.457 e. The Morgan fingerprint density at radius 1 is 1.00 bits per heavy atom. The molecule has 0 unspecified atom stereocenters. The predicted molar refractivity (Wildman–Crippen MR) is 77.1 cm³/mol. The summed E-state index contributed by atoms with van der Waals surface area (Å²) in [6.07, 6.45) is 0.451. The average Bonchev–Trinajstić information content (AvgIpc) is 2.47. The highest BCUT2D eigenvalue weighted by molar-refractivity contribution is 5.95. The monoisotopic (exact) mass is 290 g/mol. The van der Waals surface area contributed by atoms with Crippen molar-refractivity contribution in [2.24, 2.45) is 0 Å². The van der Waals surface area contributed by atoms with Crippen LogP contribution in [0.25, 0.3) is 0 Å². The largest absolute Gasteiger partial charge is 0.457 e. The first-order chi connectivity index (χ1) is 9.90. The quantitative estimate of drug-likeness (QED) is 0.709. The van der Waals surface area contributed by atoms with Crippen molar-refractivity contribution in [1.82, 2.24) is 0 Å². The molecule has 4 heteroatoms. The molecule has 0 bridgehead atoms. The highest BCUT2D eigenvalue weighted by Crippen LogP contribution is 2.29. The fourth-order valence-corrected chi connectivity index (χ4v) is 1.86. The molecule has 0 fully saturated rings. The van der Waals surface area contributed by atoms with Crippen molar-refractivity contribution >= 4 is 5.78 Å². The Hall–Kier alpha value is -2.23. The van der Waals surface area contributed by atoms with Gasteiger partial charge in [0.15, 0.2) is 5.78 Å². The smallest absolute Gasteiger partial charge is 0.270 e. The van der Waals surface area contributed by atoms with Crippen molar-refractivity contribution in [3.05, 3.63) is 59.7 Å². The molecule has 21 heavy (non-hydrogen) atoms. The van der Waals surface area contributed by atoms with Gasteiger partial charge in [-0.3, -0.25) is 4.79 Å². The second-order valence-electron chi connectivity index (χ2n) is 4.82. The van der Waals surface area contributed by atoms with Gasteiger partial charge in [0, 0.05) is 24.5 Å². The maximum Gasteiger partial charge on any atom is 0.270 e. The lowest BCUT2D eigenvalue weighted by molar-refractivity contribution is 0.0174. The number of benzene rings is 2. The lowest BCUT2D eigenvalue weighted by atomic mass is 10.1. The van der Waals surface area contributed by atoms with Crippen molar-refractivity contribution in [3.8, 4) is 11.5 Å². The van der Waals surface area contributed by atoms with Gasteiger partial charge in [-0.2, -0.15) is 0 Å².